The number of amides is 1. The van der Waals surface area contributed by atoms with Gasteiger partial charge in [-0.05, 0) is 62.3 Å². The predicted molar refractivity (Wildman–Crippen MR) is 111 cm³/mol. The smallest absolute Gasteiger partial charge is 0.293 e. The molecular formula is C24H26N2O3. The van der Waals surface area contributed by atoms with Crippen LogP contribution in [0, 0.1) is 0 Å². The molecule has 5 nitrogen and oxygen atoms in total. The van der Waals surface area contributed by atoms with Crippen LogP contribution < -0.4 is 9.47 Å². The van der Waals surface area contributed by atoms with Crippen molar-refractivity contribution < 1.29 is 14.3 Å². The van der Waals surface area contributed by atoms with E-state index in [1.807, 2.05) is 31.2 Å². The van der Waals surface area contributed by atoms with Crippen LogP contribution in [0.3, 0.4) is 0 Å². The van der Waals surface area contributed by atoms with Crippen LogP contribution in [0.1, 0.15) is 56.1 Å². The van der Waals surface area contributed by atoms with Gasteiger partial charge in [0.05, 0.1) is 18.9 Å². The third kappa shape index (κ3) is 4.24. The molecule has 1 aliphatic carbocycles. The van der Waals surface area contributed by atoms with Crippen molar-refractivity contribution in [1.82, 2.24) is 0 Å². The standard InChI is InChI=1S/C24H26N2O3/c1-16-20(24(27)26-25-16)15-21(17-8-4-3-5-9-17)18-12-13-22(28-2)23(14-18)29-19-10-6-7-11-19/h3-5,8-9,12-14,19,21H,6-7,10-11,15H2,1-2H3. The topological polar surface area (TPSA) is 60.2 Å². The number of nitrogens with zero attached hydrogens (tertiary/aromatic N) is 2. The summed E-state index contributed by atoms with van der Waals surface area (Å²) in [5.41, 5.74) is 3.61. The van der Waals surface area contributed by atoms with Crippen LogP contribution in [-0.4, -0.2) is 19.1 Å². The third-order valence-electron chi connectivity index (χ3n) is 5.78. The van der Waals surface area contributed by atoms with Crippen molar-refractivity contribution >= 4 is 5.91 Å². The highest BCUT2D eigenvalue weighted by Crippen LogP contribution is 2.39. The number of hydrogen-bond donors (Lipinski definition) is 0. The molecule has 0 radical (unpaired) electrons. The number of methoxy groups -OCH3 is 1. The minimum Gasteiger partial charge on any atom is -0.493 e. The first-order chi connectivity index (χ1) is 14.2. The Labute approximate surface area is 171 Å². The Hall–Kier alpha value is -2.95. The molecule has 1 amide bonds. The lowest BCUT2D eigenvalue weighted by Gasteiger charge is -2.22. The van der Waals surface area contributed by atoms with E-state index in [2.05, 4.69) is 34.5 Å². The van der Waals surface area contributed by atoms with E-state index in [-0.39, 0.29) is 17.9 Å². The molecule has 0 bridgehead atoms. The molecule has 0 saturated heterocycles. The van der Waals surface area contributed by atoms with Gasteiger partial charge in [0.15, 0.2) is 11.5 Å². The van der Waals surface area contributed by atoms with Crippen LogP contribution in [0.2, 0.25) is 0 Å². The van der Waals surface area contributed by atoms with Crippen LogP contribution in [0.15, 0.2) is 70.0 Å². The van der Waals surface area contributed by atoms with Crippen molar-refractivity contribution in [2.75, 3.05) is 7.11 Å². The molecule has 1 heterocycles. The normalized spacial score (nSPS) is 17.8. The maximum atomic E-state index is 12.2. The quantitative estimate of drug-likeness (QED) is 0.600. The zero-order valence-electron chi connectivity index (χ0n) is 16.9. The lowest BCUT2D eigenvalue weighted by molar-refractivity contribution is -0.114. The molecule has 1 saturated carbocycles. The Bertz CT molecular complexity index is 944. The van der Waals surface area contributed by atoms with Gasteiger partial charge in [0.2, 0.25) is 0 Å². The average molecular weight is 390 g/mol. The molecule has 150 valence electrons. The lowest BCUT2D eigenvalue weighted by Crippen LogP contribution is -2.12. The Morgan fingerprint density at radius 1 is 1.00 bits per heavy atom. The Balaban J connectivity index is 1.70. The van der Waals surface area contributed by atoms with Gasteiger partial charge in [-0.15, -0.1) is 5.11 Å². The predicted octanol–water partition coefficient (Wildman–Crippen LogP) is 5.81. The van der Waals surface area contributed by atoms with E-state index in [1.165, 1.54) is 12.8 Å². The fourth-order valence-electron chi connectivity index (χ4n) is 4.14. The van der Waals surface area contributed by atoms with Gasteiger partial charge in [0.25, 0.3) is 5.91 Å². The molecule has 4 rings (SSSR count). The molecule has 1 aliphatic heterocycles. The van der Waals surface area contributed by atoms with Crippen LogP contribution in [-0.2, 0) is 4.79 Å². The Morgan fingerprint density at radius 2 is 1.76 bits per heavy atom. The van der Waals surface area contributed by atoms with E-state index in [4.69, 9.17) is 9.47 Å². The Kier molecular flexibility index (Phi) is 5.74. The summed E-state index contributed by atoms with van der Waals surface area (Å²) in [7, 11) is 1.67. The number of ether oxygens (including phenoxy) is 2. The van der Waals surface area contributed by atoms with Crippen molar-refractivity contribution in [1.29, 1.82) is 0 Å². The van der Waals surface area contributed by atoms with Crippen molar-refractivity contribution in [2.24, 2.45) is 10.2 Å². The molecular weight excluding hydrogens is 364 g/mol. The van der Waals surface area contributed by atoms with Crippen molar-refractivity contribution in [3.05, 3.63) is 70.9 Å². The summed E-state index contributed by atoms with van der Waals surface area (Å²) < 4.78 is 11.8. The van der Waals surface area contributed by atoms with E-state index in [1.54, 1.807) is 7.11 Å². The number of azo groups is 1. The van der Waals surface area contributed by atoms with Gasteiger partial charge in [0, 0.05) is 11.5 Å². The number of hydrogen-bond acceptors (Lipinski definition) is 4. The summed E-state index contributed by atoms with van der Waals surface area (Å²) in [5.74, 6) is 1.28. The second-order valence-corrected chi connectivity index (χ2v) is 7.67. The Morgan fingerprint density at radius 3 is 2.41 bits per heavy atom. The minimum absolute atomic E-state index is 0.00503. The van der Waals surface area contributed by atoms with Crippen LogP contribution in [0.5, 0.6) is 11.5 Å². The van der Waals surface area contributed by atoms with Gasteiger partial charge in [-0.1, -0.05) is 36.4 Å². The first kappa shape index (κ1) is 19.4. The maximum Gasteiger partial charge on any atom is 0.293 e. The summed E-state index contributed by atoms with van der Waals surface area (Å²) >= 11 is 0. The van der Waals surface area contributed by atoms with Crippen LogP contribution in [0.4, 0.5) is 0 Å². The maximum absolute atomic E-state index is 12.2. The van der Waals surface area contributed by atoms with E-state index < -0.39 is 0 Å². The first-order valence-electron chi connectivity index (χ1n) is 10.2. The van der Waals surface area contributed by atoms with Gasteiger partial charge in [0.1, 0.15) is 0 Å². The fourth-order valence-corrected chi connectivity index (χ4v) is 4.14. The summed E-state index contributed by atoms with van der Waals surface area (Å²) in [6, 6.07) is 16.3. The largest absolute Gasteiger partial charge is 0.493 e. The van der Waals surface area contributed by atoms with E-state index >= 15 is 0 Å². The molecule has 0 aromatic heterocycles. The highest BCUT2D eigenvalue weighted by atomic mass is 16.5. The zero-order valence-corrected chi connectivity index (χ0v) is 16.9. The van der Waals surface area contributed by atoms with Crippen molar-refractivity contribution in [2.45, 2.75) is 51.0 Å². The summed E-state index contributed by atoms with van der Waals surface area (Å²) in [5, 5.41) is 7.68. The molecule has 0 spiro atoms. The second-order valence-electron chi connectivity index (χ2n) is 7.67. The summed E-state index contributed by atoms with van der Waals surface area (Å²) in [4.78, 5) is 12.2. The highest BCUT2D eigenvalue weighted by Gasteiger charge is 2.26. The first-order valence-corrected chi connectivity index (χ1v) is 10.2. The molecule has 2 aliphatic rings. The molecule has 29 heavy (non-hydrogen) atoms. The second kappa shape index (κ2) is 8.60. The monoisotopic (exact) mass is 390 g/mol. The third-order valence-corrected chi connectivity index (χ3v) is 5.78. The molecule has 1 atom stereocenters. The lowest BCUT2D eigenvalue weighted by atomic mass is 9.85. The zero-order chi connectivity index (χ0) is 20.2. The summed E-state index contributed by atoms with van der Waals surface area (Å²) in [6.45, 7) is 1.84. The fraction of sp³-hybridized carbons (Fsp3) is 0.375. The van der Waals surface area contributed by atoms with Gasteiger partial charge in [-0.3, -0.25) is 4.79 Å². The SMILES string of the molecule is COc1ccc(C(CC2=C(C)N=NC2=O)c2ccccc2)cc1OC1CCCC1. The highest BCUT2D eigenvalue weighted by molar-refractivity contribution is 5.96. The molecule has 0 N–H and O–H groups in total. The minimum atomic E-state index is -0.237. The molecule has 1 unspecified atom stereocenters. The summed E-state index contributed by atoms with van der Waals surface area (Å²) in [6.07, 6.45) is 5.38. The van der Waals surface area contributed by atoms with Crippen LogP contribution >= 0.6 is 0 Å². The molecule has 2 aromatic rings. The van der Waals surface area contributed by atoms with Crippen molar-refractivity contribution in [3.63, 3.8) is 0 Å². The van der Waals surface area contributed by atoms with Crippen LogP contribution in [0.25, 0.3) is 0 Å². The van der Waals surface area contributed by atoms with E-state index in [0.717, 1.165) is 35.5 Å². The number of allylic oxidation sites excluding steroid dienone is 1. The van der Waals surface area contributed by atoms with Gasteiger partial charge in [-0.25, -0.2) is 0 Å². The molecule has 1 fully saturated rings. The number of benzene rings is 2. The number of carbonyl (C=O) groups excluding carboxylic acids is 1. The van der Waals surface area contributed by atoms with Gasteiger partial charge < -0.3 is 9.47 Å². The van der Waals surface area contributed by atoms with Gasteiger partial charge >= 0.3 is 0 Å². The van der Waals surface area contributed by atoms with Crippen molar-refractivity contribution in [3.8, 4) is 11.5 Å². The average Bonchev–Trinajstić information content (AvgIpc) is 3.37. The molecule has 5 heteroatoms. The van der Waals surface area contributed by atoms with Gasteiger partial charge in [-0.2, -0.15) is 5.11 Å². The van der Waals surface area contributed by atoms with E-state index in [9.17, 15) is 4.79 Å². The molecule has 2 aromatic carbocycles. The number of rotatable bonds is 7. The number of carbonyl (C=O) groups is 1. The van der Waals surface area contributed by atoms with E-state index in [0.29, 0.717) is 17.7 Å².